The first kappa shape index (κ1) is 10.8. The van der Waals surface area contributed by atoms with Crippen molar-refractivity contribution in [1.82, 2.24) is 0 Å². The molecule has 0 aromatic heterocycles. The lowest BCUT2D eigenvalue weighted by Crippen LogP contribution is -1.97. The lowest BCUT2D eigenvalue weighted by molar-refractivity contribution is -0.0254. The number of hydrogen-bond donors (Lipinski definition) is 0. The smallest absolute Gasteiger partial charge is 0.155 e. The fourth-order valence-corrected chi connectivity index (χ4v) is 0.594. The molecule has 0 amide bonds. The summed E-state index contributed by atoms with van der Waals surface area (Å²) >= 11 is 0. The molecule has 0 aromatic carbocycles. The second-order valence-electron chi connectivity index (χ2n) is 2.00. The Balaban J connectivity index is 0.000000187. The van der Waals surface area contributed by atoms with Crippen molar-refractivity contribution in [2.24, 2.45) is 0 Å². The molecule has 1 fully saturated rings. The Labute approximate surface area is 67.4 Å². The maximum Gasteiger partial charge on any atom is 0.155 e. The van der Waals surface area contributed by atoms with Crippen molar-refractivity contribution in [3.63, 3.8) is 0 Å². The van der Waals surface area contributed by atoms with Crippen molar-refractivity contribution in [3.05, 3.63) is 0 Å². The standard InChI is InChI=1S/C4H8O2.C3H8O2/c1-4-5-2-3-6-4;1-4-3-5-2/h4H,2-3H2,1H3;3H2,1-2H3. The van der Waals surface area contributed by atoms with Crippen molar-refractivity contribution < 1.29 is 18.9 Å². The van der Waals surface area contributed by atoms with E-state index in [-0.39, 0.29) is 6.29 Å². The molecular formula is C7H16O4. The molecule has 1 rings (SSSR count). The van der Waals surface area contributed by atoms with Gasteiger partial charge in [-0.1, -0.05) is 0 Å². The molecule has 1 aliphatic heterocycles. The summed E-state index contributed by atoms with van der Waals surface area (Å²) in [5.41, 5.74) is 0. The predicted octanol–water partition coefficient (Wildman–Crippen LogP) is 0.616. The van der Waals surface area contributed by atoms with E-state index in [0.29, 0.717) is 6.79 Å². The molecular weight excluding hydrogens is 148 g/mol. The van der Waals surface area contributed by atoms with Crippen molar-refractivity contribution in [2.45, 2.75) is 13.2 Å². The van der Waals surface area contributed by atoms with Gasteiger partial charge in [0.25, 0.3) is 0 Å². The minimum absolute atomic E-state index is 0.0463. The second kappa shape index (κ2) is 7.94. The van der Waals surface area contributed by atoms with E-state index in [0.717, 1.165) is 13.2 Å². The Hall–Kier alpha value is -0.160. The fraction of sp³-hybridized carbons (Fsp3) is 1.00. The van der Waals surface area contributed by atoms with E-state index in [1.54, 1.807) is 14.2 Å². The van der Waals surface area contributed by atoms with Gasteiger partial charge in [0.2, 0.25) is 0 Å². The third kappa shape index (κ3) is 7.74. The van der Waals surface area contributed by atoms with Crippen molar-refractivity contribution >= 4 is 0 Å². The van der Waals surface area contributed by atoms with E-state index in [1.807, 2.05) is 6.92 Å². The van der Waals surface area contributed by atoms with Crippen molar-refractivity contribution in [2.75, 3.05) is 34.2 Å². The summed E-state index contributed by atoms with van der Waals surface area (Å²) in [4.78, 5) is 0. The van der Waals surface area contributed by atoms with Gasteiger partial charge in [-0.2, -0.15) is 0 Å². The highest BCUT2D eigenvalue weighted by atomic mass is 16.7. The van der Waals surface area contributed by atoms with E-state index in [4.69, 9.17) is 9.47 Å². The Bertz CT molecular complexity index is 68.8. The highest BCUT2D eigenvalue weighted by Crippen LogP contribution is 1.99. The summed E-state index contributed by atoms with van der Waals surface area (Å²) in [5, 5.41) is 0. The van der Waals surface area contributed by atoms with Gasteiger partial charge in [-0.15, -0.1) is 0 Å². The SMILES string of the molecule is CC1OCCO1.COCOC. The first-order valence-electron chi connectivity index (χ1n) is 3.52. The Kier molecular flexibility index (Phi) is 7.83. The van der Waals surface area contributed by atoms with Crippen LogP contribution in [-0.4, -0.2) is 40.5 Å². The molecule has 0 radical (unpaired) electrons. The molecule has 0 unspecified atom stereocenters. The van der Waals surface area contributed by atoms with Gasteiger partial charge in [-0.25, -0.2) is 0 Å². The normalized spacial score (nSPS) is 17.7. The van der Waals surface area contributed by atoms with Crippen molar-refractivity contribution in [1.29, 1.82) is 0 Å². The third-order valence-corrected chi connectivity index (χ3v) is 1.02. The highest BCUT2D eigenvalue weighted by Gasteiger charge is 2.07. The van der Waals surface area contributed by atoms with Crippen molar-refractivity contribution in [3.8, 4) is 0 Å². The Morgan fingerprint density at radius 1 is 1.18 bits per heavy atom. The molecule has 0 aromatic rings. The molecule has 1 saturated heterocycles. The van der Waals surface area contributed by atoms with Gasteiger partial charge in [0.05, 0.1) is 13.2 Å². The minimum Gasteiger partial charge on any atom is -0.359 e. The van der Waals surface area contributed by atoms with Gasteiger partial charge in [-0.05, 0) is 6.92 Å². The maximum absolute atomic E-state index is 4.93. The Morgan fingerprint density at radius 2 is 1.64 bits per heavy atom. The topological polar surface area (TPSA) is 36.9 Å². The van der Waals surface area contributed by atoms with Crippen LogP contribution in [0, 0.1) is 0 Å². The van der Waals surface area contributed by atoms with Gasteiger partial charge in [0, 0.05) is 14.2 Å². The number of ether oxygens (including phenoxy) is 4. The molecule has 0 spiro atoms. The molecule has 4 nitrogen and oxygen atoms in total. The molecule has 4 heteroatoms. The average Bonchev–Trinajstić information content (AvgIpc) is 2.43. The fourth-order valence-electron chi connectivity index (χ4n) is 0.594. The number of rotatable bonds is 2. The maximum atomic E-state index is 4.93. The van der Waals surface area contributed by atoms with Crippen LogP contribution in [0.25, 0.3) is 0 Å². The summed E-state index contributed by atoms with van der Waals surface area (Å²) in [6.45, 7) is 3.81. The van der Waals surface area contributed by atoms with Crippen LogP contribution in [0.15, 0.2) is 0 Å². The van der Waals surface area contributed by atoms with Crippen LogP contribution >= 0.6 is 0 Å². The molecule has 0 atom stereocenters. The molecule has 0 saturated carbocycles. The molecule has 0 N–H and O–H groups in total. The molecule has 1 heterocycles. The van der Waals surface area contributed by atoms with Crippen LogP contribution in [0.2, 0.25) is 0 Å². The minimum atomic E-state index is 0.0463. The van der Waals surface area contributed by atoms with Gasteiger partial charge in [0.15, 0.2) is 6.29 Å². The van der Waals surface area contributed by atoms with E-state index in [1.165, 1.54) is 0 Å². The molecule has 0 aliphatic carbocycles. The van der Waals surface area contributed by atoms with Crippen LogP contribution in [-0.2, 0) is 18.9 Å². The van der Waals surface area contributed by atoms with E-state index in [9.17, 15) is 0 Å². The summed E-state index contributed by atoms with van der Waals surface area (Å²) in [6.07, 6.45) is 0.0463. The zero-order valence-corrected chi connectivity index (χ0v) is 7.33. The van der Waals surface area contributed by atoms with Crippen LogP contribution < -0.4 is 0 Å². The molecule has 11 heavy (non-hydrogen) atoms. The predicted molar refractivity (Wildman–Crippen MR) is 40.3 cm³/mol. The lowest BCUT2D eigenvalue weighted by Gasteiger charge is -1.94. The molecule has 1 aliphatic rings. The Morgan fingerprint density at radius 3 is 1.73 bits per heavy atom. The summed E-state index contributed by atoms with van der Waals surface area (Å²) in [5.74, 6) is 0. The zero-order valence-electron chi connectivity index (χ0n) is 7.33. The van der Waals surface area contributed by atoms with Gasteiger partial charge < -0.3 is 18.9 Å². The number of hydrogen-bond acceptors (Lipinski definition) is 4. The van der Waals surface area contributed by atoms with Crippen LogP contribution in [0.3, 0.4) is 0 Å². The highest BCUT2D eigenvalue weighted by molar-refractivity contribution is 4.40. The van der Waals surface area contributed by atoms with E-state index < -0.39 is 0 Å². The lowest BCUT2D eigenvalue weighted by atomic mass is 10.8. The zero-order chi connectivity index (χ0) is 8.53. The average molecular weight is 164 g/mol. The van der Waals surface area contributed by atoms with Crippen LogP contribution in [0.5, 0.6) is 0 Å². The van der Waals surface area contributed by atoms with Crippen LogP contribution in [0.1, 0.15) is 6.92 Å². The third-order valence-electron chi connectivity index (χ3n) is 1.02. The van der Waals surface area contributed by atoms with E-state index in [2.05, 4.69) is 9.47 Å². The first-order valence-corrected chi connectivity index (χ1v) is 3.52. The summed E-state index contributed by atoms with van der Waals surface area (Å²) < 4.78 is 18.8. The molecule has 0 bridgehead atoms. The number of methoxy groups -OCH3 is 2. The van der Waals surface area contributed by atoms with Gasteiger partial charge >= 0.3 is 0 Å². The molecule has 68 valence electrons. The first-order chi connectivity index (χ1) is 5.31. The van der Waals surface area contributed by atoms with E-state index >= 15 is 0 Å². The summed E-state index contributed by atoms with van der Waals surface area (Å²) in [6, 6.07) is 0. The summed E-state index contributed by atoms with van der Waals surface area (Å²) in [7, 11) is 3.17. The monoisotopic (exact) mass is 164 g/mol. The second-order valence-corrected chi connectivity index (χ2v) is 2.00. The van der Waals surface area contributed by atoms with Gasteiger partial charge in [0.1, 0.15) is 6.79 Å². The largest absolute Gasteiger partial charge is 0.359 e. The quantitative estimate of drug-likeness (QED) is 0.560. The van der Waals surface area contributed by atoms with Crippen LogP contribution in [0.4, 0.5) is 0 Å². The van der Waals surface area contributed by atoms with Gasteiger partial charge in [-0.3, -0.25) is 0 Å².